The molecule has 72 valence electrons. The van der Waals surface area contributed by atoms with Gasteiger partial charge in [0.05, 0.1) is 5.41 Å². The summed E-state index contributed by atoms with van der Waals surface area (Å²) in [6.07, 6.45) is 4.42. The molecule has 0 spiro atoms. The second-order valence-corrected chi connectivity index (χ2v) is 3.40. The summed E-state index contributed by atoms with van der Waals surface area (Å²) in [6, 6.07) is 0. The van der Waals surface area contributed by atoms with E-state index < -0.39 is 11.4 Å². The van der Waals surface area contributed by atoms with Crippen molar-refractivity contribution in [1.82, 2.24) is 0 Å². The molecule has 0 radical (unpaired) electrons. The zero-order valence-corrected chi connectivity index (χ0v) is 8.39. The first-order valence-corrected chi connectivity index (χ1v) is 4.86. The summed E-state index contributed by atoms with van der Waals surface area (Å²) in [6.45, 7) is 6.03. The average Bonchev–Trinajstić information content (AvgIpc) is 2.07. The van der Waals surface area contributed by atoms with E-state index in [1.54, 1.807) is 0 Å². The fraction of sp³-hybridized carbons (Fsp3) is 0.900. The summed E-state index contributed by atoms with van der Waals surface area (Å²) in [5.74, 6) is -0.624. The van der Waals surface area contributed by atoms with Crippen LogP contribution in [0, 0.1) is 5.41 Å². The van der Waals surface area contributed by atoms with E-state index in [0.717, 1.165) is 32.1 Å². The third-order valence-electron chi connectivity index (χ3n) is 2.82. The second-order valence-electron chi connectivity index (χ2n) is 3.40. The molecule has 0 atom stereocenters. The number of carboxylic acid groups (broad SMARTS) is 1. The summed E-state index contributed by atoms with van der Waals surface area (Å²) in [5, 5.41) is 9.05. The molecule has 0 rings (SSSR count). The van der Waals surface area contributed by atoms with Crippen molar-refractivity contribution in [3.63, 3.8) is 0 Å². The Bertz CT molecular complexity index is 137. The monoisotopic (exact) mass is 172 g/mol. The first-order chi connectivity index (χ1) is 5.63. The quantitative estimate of drug-likeness (QED) is 0.668. The Morgan fingerprint density at radius 3 is 2.00 bits per heavy atom. The number of carboxylic acids is 1. The van der Waals surface area contributed by atoms with Crippen LogP contribution in [0.3, 0.4) is 0 Å². The van der Waals surface area contributed by atoms with E-state index in [0.29, 0.717) is 0 Å². The van der Waals surface area contributed by atoms with Crippen molar-refractivity contribution < 1.29 is 9.90 Å². The normalized spacial score (nSPS) is 11.6. The van der Waals surface area contributed by atoms with Gasteiger partial charge in [0.15, 0.2) is 0 Å². The minimum atomic E-state index is -0.624. The van der Waals surface area contributed by atoms with Crippen LogP contribution in [0.2, 0.25) is 0 Å². The molecule has 0 unspecified atom stereocenters. The van der Waals surface area contributed by atoms with Crippen LogP contribution in [0.5, 0.6) is 0 Å². The highest BCUT2D eigenvalue weighted by Gasteiger charge is 2.33. The van der Waals surface area contributed by atoms with Crippen molar-refractivity contribution in [1.29, 1.82) is 0 Å². The highest BCUT2D eigenvalue weighted by molar-refractivity contribution is 5.74. The number of hydrogen-bond acceptors (Lipinski definition) is 1. The summed E-state index contributed by atoms with van der Waals surface area (Å²) in [5.41, 5.74) is -0.448. The lowest BCUT2D eigenvalue weighted by Gasteiger charge is -2.26. The van der Waals surface area contributed by atoms with E-state index in [9.17, 15) is 4.79 Å². The fourth-order valence-corrected chi connectivity index (χ4v) is 1.53. The fourth-order valence-electron chi connectivity index (χ4n) is 1.53. The third-order valence-corrected chi connectivity index (χ3v) is 2.82. The van der Waals surface area contributed by atoms with Crippen molar-refractivity contribution in [2.45, 2.75) is 52.9 Å². The van der Waals surface area contributed by atoms with Crippen LogP contribution in [0.1, 0.15) is 52.9 Å². The Kier molecular flexibility index (Phi) is 4.95. The predicted molar refractivity (Wildman–Crippen MR) is 50.2 cm³/mol. The first kappa shape index (κ1) is 11.5. The molecule has 0 aromatic heterocycles. The van der Waals surface area contributed by atoms with Gasteiger partial charge in [-0.2, -0.15) is 0 Å². The Hall–Kier alpha value is -0.530. The topological polar surface area (TPSA) is 37.3 Å². The summed E-state index contributed by atoms with van der Waals surface area (Å²) < 4.78 is 0. The maximum atomic E-state index is 11.0. The SMILES string of the molecule is CCCCC(CC)(CC)C(=O)O. The molecule has 12 heavy (non-hydrogen) atoms. The van der Waals surface area contributed by atoms with Crippen LogP contribution in [0.4, 0.5) is 0 Å². The van der Waals surface area contributed by atoms with Crippen molar-refractivity contribution in [3.05, 3.63) is 0 Å². The maximum absolute atomic E-state index is 11.0. The van der Waals surface area contributed by atoms with Crippen LogP contribution >= 0.6 is 0 Å². The smallest absolute Gasteiger partial charge is 0.309 e. The van der Waals surface area contributed by atoms with Gasteiger partial charge in [-0.1, -0.05) is 33.6 Å². The molecule has 1 N–H and O–H groups in total. The highest BCUT2D eigenvalue weighted by Crippen LogP contribution is 2.32. The Morgan fingerprint density at radius 2 is 1.75 bits per heavy atom. The van der Waals surface area contributed by atoms with E-state index >= 15 is 0 Å². The maximum Gasteiger partial charge on any atom is 0.309 e. The Morgan fingerprint density at radius 1 is 1.25 bits per heavy atom. The number of unbranched alkanes of at least 4 members (excludes halogenated alkanes) is 1. The number of hydrogen-bond donors (Lipinski definition) is 1. The largest absolute Gasteiger partial charge is 0.481 e. The van der Waals surface area contributed by atoms with Gasteiger partial charge >= 0.3 is 5.97 Å². The minimum absolute atomic E-state index is 0.448. The molecule has 0 saturated heterocycles. The highest BCUT2D eigenvalue weighted by atomic mass is 16.4. The molecular formula is C10H20O2. The second kappa shape index (κ2) is 5.18. The molecular weight excluding hydrogens is 152 g/mol. The summed E-state index contributed by atoms with van der Waals surface area (Å²) in [4.78, 5) is 11.0. The molecule has 0 bridgehead atoms. The van der Waals surface area contributed by atoms with Crippen LogP contribution in [0.25, 0.3) is 0 Å². The molecule has 0 fully saturated rings. The Balaban J connectivity index is 4.25. The van der Waals surface area contributed by atoms with Crippen LogP contribution in [0.15, 0.2) is 0 Å². The number of aliphatic carboxylic acids is 1. The lowest BCUT2D eigenvalue weighted by Crippen LogP contribution is -2.29. The summed E-state index contributed by atoms with van der Waals surface area (Å²) in [7, 11) is 0. The van der Waals surface area contributed by atoms with Crippen LogP contribution in [-0.4, -0.2) is 11.1 Å². The molecule has 2 nitrogen and oxygen atoms in total. The average molecular weight is 172 g/mol. The van der Waals surface area contributed by atoms with E-state index in [1.807, 2.05) is 13.8 Å². The van der Waals surface area contributed by atoms with Gasteiger partial charge in [-0.3, -0.25) is 4.79 Å². The van der Waals surface area contributed by atoms with Crippen LogP contribution in [-0.2, 0) is 4.79 Å². The van der Waals surface area contributed by atoms with Gasteiger partial charge in [0.25, 0.3) is 0 Å². The van der Waals surface area contributed by atoms with Gasteiger partial charge in [0, 0.05) is 0 Å². The molecule has 0 aliphatic heterocycles. The Labute approximate surface area is 75.0 Å². The van der Waals surface area contributed by atoms with Gasteiger partial charge in [0.2, 0.25) is 0 Å². The predicted octanol–water partition coefficient (Wildman–Crippen LogP) is 3.07. The van der Waals surface area contributed by atoms with E-state index in [2.05, 4.69) is 6.92 Å². The van der Waals surface area contributed by atoms with Crippen molar-refractivity contribution in [2.75, 3.05) is 0 Å². The third kappa shape index (κ3) is 2.50. The zero-order valence-electron chi connectivity index (χ0n) is 8.39. The van der Waals surface area contributed by atoms with Crippen molar-refractivity contribution >= 4 is 5.97 Å². The van der Waals surface area contributed by atoms with Crippen LogP contribution < -0.4 is 0 Å². The lowest BCUT2D eigenvalue weighted by atomic mass is 9.78. The molecule has 0 heterocycles. The summed E-state index contributed by atoms with van der Waals surface area (Å²) >= 11 is 0. The number of rotatable bonds is 6. The van der Waals surface area contributed by atoms with Gasteiger partial charge in [-0.15, -0.1) is 0 Å². The standard InChI is InChI=1S/C10H20O2/c1-4-7-8-10(5-2,6-3)9(11)12/h4-8H2,1-3H3,(H,11,12). The van der Waals surface area contributed by atoms with E-state index in [1.165, 1.54) is 0 Å². The molecule has 0 aliphatic rings. The molecule has 2 heteroatoms. The van der Waals surface area contributed by atoms with Gasteiger partial charge < -0.3 is 5.11 Å². The van der Waals surface area contributed by atoms with E-state index in [-0.39, 0.29) is 0 Å². The minimum Gasteiger partial charge on any atom is -0.481 e. The molecule has 0 saturated carbocycles. The van der Waals surface area contributed by atoms with Gasteiger partial charge in [0.1, 0.15) is 0 Å². The zero-order chi connectivity index (χ0) is 9.61. The molecule has 0 aromatic rings. The van der Waals surface area contributed by atoms with Crippen molar-refractivity contribution in [2.24, 2.45) is 5.41 Å². The van der Waals surface area contributed by atoms with Crippen molar-refractivity contribution in [3.8, 4) is 0 Å². The lowest BCUT2D eigenvalue weighted by molar-refractivity contribution is -0.150. The van der Waals surface area contributed by atoms with Gasteiger partial charge in [-0.05, 0) is 19.3 Å². The first-order valence-electron chi connectivity index (χ1n) is 4.86. The molecule has 0 aliphatic carbocycles. The molecule has 0 aromatic carbocycles. The van der Waals surface area contributed by atoms with E-state index in [4.69, 9.17) is 5.11 Å². The molecule has 0 amide bonds. The number of carbonyl (C=O) groups is 1. The van der Waals surface area contributed by atoms with Gasteiger partial charge in [-0.25, -0.2) is 0 Å².